The predicted molar refractivity (Wildman–Crippen MR) is 186 cm³/mol. The molecular formula is C35H43FN2O16S. The molecule has 2 aromatic rings. The number of carbonyl (C=O) groups excluding carboxylic acids is 6. The first-order chi connectivity index (χ1) is 25.7. The summed E-state index contributed by atoms with van der Waals surface area (Å²) in [5.74, 6) is -4.58. The van der Waals surface area contributed by atoms with Crippen LogP contribution in [0, 0.1) is 0 Å². The number of para-hydroxylation sites is 1. The molecule has 0 aliphatic carbocycles. The molecule has 0 radical (unpaired) electrons. The monoisotopic (exact) mass is 798 g/mol. The fourth-order valence-corrected chi connectivity index (χ4v) is 5.77. The highest BCUT2D eigenvalue weighted by molar-refractivity contribution is 7.84. The minimum atomic E-state index is -5.01. The molecular weight excluding hydrogens is 755 g/mol. The minimum absolute atomic E-state index is 0.0501. The molecule has 1 fully saturated rings. The van der Waals surface area contributed by atoms with E-state index >= 15 is 3.89 Å². The maximum atomic E-state index is 15.5. The second-order valence-electron chi connectivity index (χ2n) is 12.8. The first-order valence-corrected chi connectivity index (χ1v) is 17.9. The standard InChI is InChI=1S/C35H43FN2O16S/c1-19(39)47-18-28-29(48-20(2)40)30(49-21(3)41)31(50-22(4)42)33(52-28)51-27-12-10-9-11-25(27)38-55(36,45)54-24-15-13-23(14-16-24)17-26(32(43)46-8)37-34(44)53-35(5,6)7/h9-16,26,28-31,33H,17-18H2,1-8H3,(H,37,44)/t26-,28+,29-,30-,31+,33-,55?/m0/s1. The van der Waals surface area contributed by atoms with Crippen LogP contribution in [0.1, 0.15) is 54.0 Å². The van der Waals surface area contributed by atoms with Crippen LogP contribution in [0.5, 0.6) is 11.5 Å². The lowest BCUT2D eigenvalue weighted by Gasteiger charge is -2.43. The Morgan fingerprint density at radius 2 is 1.44 bits per heavy atom. The van der Waals surface area contributed by atoms with Crippen molar-refractivity contribution in [2.45, 2.75) is 97.2 Å². The van der Waals surface area contributed by atoms with E-state index in [0.717, 1.165) is 34.8 Å². The fraction of sp³-hybridized carbons (Fsp3) is 0.486. The van der Waals surface area contributed by atoms with Crippen LogP contribution in [-0.2, 0) is 73.9 Å². The summed E-state index contributed by atoms with van der Waals surface area (Å²) in [5, 5.41) is 2.44. The van der Waals surface area contributed by atoms with E-state index < -0.39 is 95.3 Å². The van der Waals surface area contributed by atoms with Gasteiger partial charge in [0.25, 0.3) is 0 Å². The van der Waals surface area contributed by atoms with Crippen LogP contribution in [0.3, 0.4) is 0 Å². The van der Waals surface area contributed by atoms with Gasteiger partial charge in [-0.25, -0.2) is 9.59 Å². The number of hydrogen-bond acceptors (Lipinski definition) is 17. The van der Waals surface area contributed by atoms with E-state index in [4.69, 9.17) is 42.1 Å². The highest BCUT2D eigenvalue weighted by Crippen LogP contribution is 2.35. The van der Waals surface area contributed by atoms with Gasteiger partial charge in [-0.05, 0) is 50.6 Å². The first kappa shape index (κ1) is 43.9. The number of rotatable bonds is 14. The quantitative estimate of drug-likeness (QED) is 0.163. The molecule has 1 amide bonds. The zero-order chi connectivity index (χ0) is 41.1. The van der Waals surface area contributed by atoms with Gasteiger partial charge in [0.2, 0.25) is 12.4 Å². The normalized spacial score (nSPS) is 20.9. The first-order valence-electron chi connectivity index (χ1n) is 16.5. The molecule has 18 nitrogen and oxygen atoms in total. The lowest BCUT2D eigenvalue weighted by atomic mass is 9.98. The van der Waals surface area contributed by atoms with Gasteiger partial charge < -0.3 is 47.4 Å². The molecule has 1 aliphatic heterocycles. The van der Waals surface area contributed by atoms with Crippen molar-refractivity contribution >= 4 is 52.0 Å². The lowest BCUT2D eigenvalue weighted by molar-refractivity contribution is -0.288. The van der Waals surface area contributed by atoms with Crippen molar-refractivity contribution in [3.63, 3.8) is 0 Å². The molecule has 0 spiro atoms. The van der Waals surface area contributed by atoms with Gasteiger partial charge in [-0.15, -0.1) is 4.36 Å². The van der Waals surface area contributed by atoms with Crippen molar-refractivity contribution < 1.29 is 78.9 Å². The molecule has 3 rings (SSSR count). The SMILES string of the molecule is COC(=O)[C@H](Cc1ccc(OS(=O)(F)=Nc2ccccc2O[C@H]2O[C@H](COC(C)=O)[C@H](OC(C)=O)[C@H](OC(C)=O)[C@H]2OC(C)=O)cc1)NC(=O)OC(C)(C)C. The number of alkyl carbamates (subject to hydrolysis) is 1. The minimum Gasteiger partial charge on any atom is -0.467 e. The second-order valence-corrected chi connectivity index (χ2v) is 14.0. The van der Waals surface area contributed by atoms with Gasteiger partial charge in [0.05, 0.1) is 7.11 Å². The highest BCUT2D eigenvalue weighted by Gasteiger charge is 2.53. The summed E-state index contributed by atoms with van der Waals surface area (Å²) in [5.41, 5.74) is -0.713. The van der Waals surface area contributed by atoms with Crippen molar-refractivity contribution in [2.75, 3.05) is 13.7 Å². The molecule has 1 unspecified atom stereocenters. The molecule has 55 heavy (non-hydrogen) atoms. The Balaban J connectivity index is 1.90. The molecule has 7 atom stereocenters. The third kappa shape index (κ3) is 14.3. The third-order valence-corrected chi connectivity index (χ3v) is 7.82. The molecule has 2 aromatic carbocycles. The molecule has 0 aromatic heterocycles. The van der Waals surface area contributed by atoms with E-state index in [1.807, 2.05) is 0 Å². The van der Waals surface area contributed by atoms with Crippen molar-refractivity contribution in [1.82, 2.24) is 5.32 Å². The number of benzene rings is 2. The van der Waals surface area contributed by atoms with Crippen molar-refractivity contribution in [2.24, 2.45) is 4.36 Å². The van der Waals surface area contributed by atoms with Crippen molar-refractivity contribution in [1.29, 1.82) is 0 Å². The Hall–Kier alpha value is -5.50. The number of nitrogens with zero attached hydrogens (tertiary/aromatic N) is 1. The molecule has 302 valence electrons. The average molecular weight is 799 g/mol. The van der Waals surface area contributed by atoms with Gasteiger partial charge in [-0.3, -0.25) is 19.2 Å². The number of methoxy groups -OCH3 is 1. The molecule has 1 heterocycles. The Labute approximate surface area is 316 Å². The summed E-state index contributed by atoms with van der Waals surface area (Å²) in [7, 11) is -3.86. The molecule has 20 heteroatoms. The second kappa shape index (κ2) is 19.2. The van der Waals surface area contributed by atoms with Gasteiger partial charge in [0.1, 0.15) is 41.5 Å². The average Bonchev–Trinajstić information content (AvgIpc) is 3.05. The summed E-state index contributed by atoms with van der Waals surface area (Å²) in [4.78, 5) is 72.6. The van der Waals surface area contributed by atoms with Crippen LogP contribution in [-0.4, -0.2) is 96.2 Å². The number of carbonyl (C=O) groups is 6. The predicted octanol–water partition coefficient (Wildman–Crippen LogP) is 3.74. The van der Waals surface area contributed by atoms with Crippen LogP contribution in [0.4, 0.5) is 14.4 Å². The number of esters is 5. The molecule has 1 N–H and O–H groups in total. The summed E-state index contributed by atoms with van der Waals surface area (Å²) in [6.45, 7) is 8.69. The van der Waals surface area contributed by atoms with Crippen LogP contribution in [0.2, 0.25) is 0 Å². The lowest BCUT2D eigenvalue weighted by Crippen LogP contribution is -2.63. The van der Waals surface area contributed by atoms with Gasteiger partial charge in [0.15, 0.2) is 12.2 Å². The zero-order valence-electron chi connectivity index (χ0n) is 31.3. The van der Waals surface area contributed by atoms with Gasteiger partial charge in [-0.1, -0.05) is 28.2 Å². The Bertz CT molecular complexity index is 1840. The van der Waals surface area contributed by atoms with Crippen LogP contribution < -0.4 is 14.2 Å². The van der Waals surface area contributed by atoms with Gasteiger partial charge >= 0.3 is 46.3 Å². The van der Waals surface area contributed by atoms with E-state index in [9.17, 15) is 33.0 Å². The largest absolute Gasteiger partial charge is 0.467 e. The van der Waals surface area contributed by atoms with E-state index in [2.05, 4.69) is 9.68 Å². The van der Waals surface area contributed by atoms with E-state index in [1.165, 1.54) is 48.5 Å². The number of halogens is 1. The van der Waals surface area contributed by atoms with E-state index in [-0.39, 0.29) is 23.6 Å². The number of nitrogens with one attached hydrogen (secondary N) is 1. The molecule has 1 saturated heterocycles. The third-order valence-electron chi connectivity index (χ3n) is 7.00. The van der Waals surface area contributed by atoms with Crippen molar-refractivity contribution in [3.8, 4) is 11.5 Å². The Morgan fingerprint density at radius 1 is 0.855 bits per heavy atom. The topological polar surface area (TPSA) is 227 Å². The van der Waals surface area contributed by atoms with Crippen LogP contribution >= 0.6 is 0 Å². The van der Waals surface area contributed by atoms with Crippen molar-refractivity contribution in [3.05, 3.63) is 54.1 Å². The van der Waals surface area contributed by atoms with E-state index in [1.54, 1.807) is 20.8 Å². The maximum absolute atomic E-state index is 15.5. The fourth-order valence-electron chi connectivity index (χ4n) is 5.00. The maximum Gasteiger partial charge on any atom is 0.408 e. The molecule has 0 saturated carbocycles. The summed E-state index contributed by atoms with van der Waals surface area (Å²) in [6, 6.07) is 9.59. The van der Waals surface area contributed by atoms with E-state index in [0.29, 0.717) is 5.56 Å². The zero-order valence-corrected chi connectivity index (χ0v) is 32.1. The van der Waals surface area contributed by atoms with Crippen LogP contribution in [0.15, 0.2) is 52.9 Å². The number of amides is 1. The molecule has 0 bridgehead atoms. The summed E-state index contributed by atoms with van der Waals surface area (Å²) >= 11 is 0. The van der Waals surface area contributed by atoms with Gasteiger partial charge in [0, 0.05) is 34.1 Å². The summed E-state index contributed by atoms with van der Waals surface area (Å²) < 4.78 is 80.2. The molecule has 1 aliphatic rings. The highest BCUT2D eigenvalue weighted by atomic mass is 32.3. The summed E-state index contributed by atoms with van der Waals surface area (Å²) in [6.07, 6.45) is -8.56. The Morgan fingerprint density at radius 3 is 2.00 bits per heavy atom. The smallest absolute Gasteiger partial charge is 0.408 e. The number of ether oxygens (including phenoxy) is 8. The number of hydrogen-bond donors (Lipinski definition) is 1. The van der Waals surface area contributed by atoms with Gasteiger partial charge in [-0.2, -0.15) is 4.21 Å². The van der Waals surface area contributed by atoms with Crippen LogP contribution in [0.25, 0.3) is 0 Å². The Kier molecular flexibility index (Phi) is 15.3.